The number of carbonyl (C=O) groups excluding carboxylic acids is 2. The number of hydrogen-bond acceptors (Lipinski definition) is 9. The molecular formula is C22H37NO9. The van der Waals surface area contributed by atoms with Crippen molar-refractivity contribution in [3.05, 3.63) is 0 Å². The molecular weight excluding hydrogens is 424 g/mol. The molecule has 3 N–H and O–H groups in total. The third-order valence-electron chi connectivity index (χ3n) is 5.73. The fourth-order valence-electron chi connectivity index (χ4n) is 4.37. The number of aliphatic hydroxyl groups is 2. The van der Waals surface area contributed by atoms with Crippen LogP contribution < -0.4 is 5.32 Å². The zero-order chi connectivity index (χ0) is 23.7. The van der Waals surface area contributed by atoms with Crippen molar-refractivity contribution in [1.29, 1.82) is 0 Å². The summed E-state index contributed by atoms with van der Waals surface area (Å²) in [6.45, 7) is 8.50. The van der Waals surface area contributed by atoms with E-state index in [1.807, 2.05) is 0 Å². The van der Waals surface area contributed by atoms with Gasteiger partial charge in [-0.2, -0.15) is 0 Å². The molecule has 0 spiro atoms. The van der Waals surface area contributed by atoms with E-state index in [9.17, 15) is 19.8 Å². The maximum absolute atomic E-state index is 12.4. The van der Waals surface area contributed by atoms with Gasteiger partial charge in [0.15, 0.2) is 12.1 Å². The Labute approximate surface area is 188 Å². The maximum Gasteiger partial charge on any atom is 0.408 e. The van der Waals surface area contributed by atoms with Crippen LogP contribution in [0.3, 0.4) is 0 Å². The molecule has 1 saturated carbocycles. The second-order valence-electron chi connectivity index (χ2n) is 10.3. The Bertz CT molecular complexity index is 671. The highest BCUT2D eigenvalue weighted by Crippen LogP contribution is 2.39. The predicted molar refractivity (Wildman–Crippen MR) is 111 cm³/mol. The molecule has 6 atom stereocenters. The van der Waals surface area contributed by atoms with E-state index < -0.39 is 60.2 Å². The Morgan fingerprint density at radius 3 is 2.47 bits per heavy atom. The van der Waals surface area contributed by atoms with Gasteiger partial charge in [-0.3, -0.25) is 4.79 Å². The number of esters is 1. The molecule has 0 bridgehead atoms. The number of nitrogens with one attached hydrogen (secondary N) is 1. The van der Waals surface area contributed by atoms with Crippen molar-refractivity contribution in [2.45, 2.75) is 127 Å². The van der Waals surface area contributed by atoms with Crippen LogP contribution in [0.25, 0.3) is 0 Å². The highest BCUT2D eigenvalue weighted by molar-refractivity contribution is 5.71. The average Bonchev–Trinajstić information content (AvgIpc) is 3.11. The summed E-state index contributed by atoms with van der Waals surface area (Å²) < 4.78 is 27.9. The lowest BCUT2D eigenvalue weighted by Crippen LogP contribution is -2.56. The first kappa shape index (κ1) is 25.2. The van der Waals surface area contributed by atoms with Gasteiger partial charge in [-0.1, -0.05) is 6.42 Å². The molecule has 184 valence electrons. The number of rotatable bonds is 6. The van der Waals surface area contributed by atoms with Crippen molar-refractivity contribution in [2.75, 3.05) is 0 Å². The molecule has 32 heavy (non-hydrogen) atoms. The minimum atomic E-state index is -1.38. The summed E-state index contributed by atoms with van der Waals surface area (Å²) >= 11 is 0. The molecule has 1 aliphatic carbocycles. The molecule has 0 aromatic carbocycles. The molecule has 3 aliphatic rings. The fourth-order valence-corrected chi connectivity index (χ4v) is 4.37. The van der Waals surface area contributed by atoms with Crippen molar-refractivity contribution in [3.8, 4) is 0 Å². The lowest BCUT2D eigenvalue weighted by atomic mass is 9.98. The van der Waals surface area contributed by atoms with E-state index in [2.05, 4.69) is 5.32 Å². The molecule has 0 aromatic heterocycles. The van der Waals surface area contributed by atoms with Gasteiger partial charge >= 0.3 is 12.1 Å². The molecule has 0 unspecified atom stereocenters. The SMILES string of the molecule is CC(C)(C)OC(=O)N[C@@H]([C@H]1O[C@@H]2OC(C)(C)O[C@@H]2[C@H]1O)[C@@H](O)C[14C](=O)OC1CCCCC1. The maximum atomic E-state index is 12.4. The molecule has 2 aliphatic heterocycles. The highest BCUT2D eigenvalue weighted by atomic mass is 16.8. The summed E-state index contributed by atoms with van der Waals surface area (Å²) in [6, 6.07) is -1.15. The normalized spacial score (nSPS) is 32.1. The molecule has 10 heteroatoms. The number of fused-ring (bicyclic) bond motifs is 1. The second kappa shape index (κ2) is 9.80. The summed E-state index contributed by atoms with van der Waals surface area (Å²) in [7, 11) is 0. The van der Waals surface area contributed by atoms with Crippen LogP contribution in [-0.2, 0) is 28.5 Å². The average molecular weight is 462 g/mol. The van der Waals surface area contributed by atoms with E-state index in [0.29, 0.717) is 0 Å². The van der Waals surface area contributed by atoms with Crippen LogP contribution >= 0.6 is 0 Å². The standard InChI is InChI=1S/C22H37NO9/c1-21(2,3)32-20(27)23-15(13(24)11-14(25)28-12-9-7-6-8-10-12)17-16(26)18-19(29-17)31-22(4,5)30-18/h12-13,15-19,24,26H,6-11H2,1-5H3,(H,23,27)/t13-,15+,16-,17+,18+,19+/m0/s1/i14+2. The van der Waals surface area contributed by atoms with E-state index in [-0.39, 0.29) is 12.5 Å². The van der Waals surface area contributed by atoms with Gasteiger partial charge in [-0.05, 0) is 60.3 Å². The summed E-state index contributed by atoms with van der Waals surface area (Å²) in [5.41, 5.74) is -0.776. The van der Waals surface area contributed by atoms with Crippen molar-refractivity contribution >= 4 is 12.1 Å². The Hall–Kier alpha value is -1.46. The quantitative estimate of drug-likeness (QED) is 0.506. The van der Waals surface area contributed by atoms with Crippen LogP contribution in [0.5, 0.6) is 0 Å². The molecule has 0 radical (unpaired) electrons. The monoisotopic (exact) mass is 461 g/mol. The van der Waals surface area contributed by atoms with Crippen molar-refractivity contribution < 1.29 is 43.5 Å². The third kappa shape index (κ3) is 6.54. The predicted octanol–water partition coefficient (Wildman–Crippen LogP) is 1.74. The molecule has 3 fully saturated rings. The summed E-state index contributed by atoms with van der Waals surface area (Å²) in [6.07, 6.45) is -1.91. The Morgan fingerprint density at radius 2 is 1.88 bits per heavy atom. The zero-order valence-corrected chi connectivity index (χ0v) is 19.5. The summed E-state index contributed by atoms with van der Waals surface area (Å²) in [4.78, 5) is 24.9. The zero-order valence-electron chi connectivity index (χ0n) is 19.5. The number of aliphatic hydroxyl groups excluding tert-OH is 2. The molecule has 2 heterocycles. The van der Waals surface area contributed by atoms with Gasteiger partial charge in [-0.15, -0.1) is 0 Å². The molecule has 2 saturated heterocycles. The second-order valence-corrected chi connectivity index (χ2v) is 10.3. The Kier molecular flexibility index (Phi) is 7.71. The summed E-state index contributed by atoms with van der Waals surface area (Å²) in [5, 5.41) is 24.2. The lowest BCUT2D eigenvalue weighted by Gasteiger charge is -2.33. The van der Waals surface area contributed by atoms with Crippen LogP contribution in [-0.4, -0.2) is 76.5 Å². The molecule has 0 aromatic rings. The topological polar surface area (TPSA) is 133 Å². The number of amides is 1. The summed E-state index contributed by atoms with van der Waals surface area (Å²) in [5.74, 6) is -1.50. The first-order valence-electron chi connectivity index (χ1n) is 11.4. The number of carbonyl (C=O) groups is 2. The minimum absolute atomic E-state index is 0.155. The molecule has 3 rings (SSSR count). The fraction of sp³-hybridized carbons (Fsp3) is 0.909. The van der Waals surface area contributed by atoms with Gasteiger partial charge in [0.1, 0.15) is 30.0 Å². The smallest absolute Gasteiger partial charge is 0.408 e. The molecule has 10 nitrogen and oxygen atoms in total. The van der Waals surface area contributed by atoms with Gasteiger partial charge in [0.05, 0.1) is 18.6 Å². The first-order valence-corrected chi connectivity index (χ1v) is 11.4. The van der Waals surface area contributed by atoms with Crippen LogP contribution in [0.1, 0.15) is 73.1 Å². The van der Waals surface area contributed by atoms with Crippen molar-refractivity contribution in [1.82, 2.24) is 5.32 Å². The first-order chi connectivity index (χ1) is 14.8. The Morgan fingerprint density at radius 1 is 1.22 bits per heavy atom. The number of ether oxygens (including phenoxy) is 5. The van der Waals surface area contributed by atoms with Gasteiger partial charge < -0.3 is 39.2 Å². The van der Waals surface area contributed by atoms with E-state index >= 15 is 0 Å². The minimum Gasteiger partial charge on any atom is -0.462 e. The van der Waals surface area contributed by atoms with Crippen LogP contribution in [0.4, 0.5) is 4.79 Å². The number of alkyl carbamates (subject to hydrolysis) is 1. The largest absolute Gasteiger partial charge is 0.462 e. The van der Waals surface area contributed by atoms with Gasteiger partial charge in [0, 0.05) is 0 Å². The highest BCUT2D eigenvalue weighted by Gasteiger charge is 2.57. The van der Waals surface area contributed by atoms with E-state index in [4.69, 9.17) is 23.7 Å². The van der Waals surface area contributed by atoms with Crippen LogP contribution in [0.15, 0.2) is 0 Å². The third-order valence-corrected chi connectivity index (χ3v) is 5.73. The van der Waals surface area contributed by atoms with Gasteiger partial charge in [0.2, 0.25) is 0 Å². The van der Waals surface area contributed by atoms with Crippen LogP contribution in [0, 0.1) is 0 Å². The van der Waals surface area contributed by atoms with Gasteiger partial charge in [0.25, 0.3) is 0 Å². The Balaban J connectivity index is 1.67. The van der Waals surface area contributed by atoms with E-state index in [0.717, 1.165) is 32.1 Å². The van der Waals surface area contributed by atoms with Crippen LogP contribution in [0.2, 0.25) is 0 Å². The lowest BCUT2D eigenvalue weighted by molar-refractivity contribution is -0.220. The van der Waals surface area contributed by atoms with Crippen molar-refractivity contribution in [3.63, 3.8) is 0 Å². The number of hydrogen-bond donors (Lipinski definition) is 3. The van der Waals surface area contributed by atoms with E-state index in [1.54, 1.807) is 34.6 Å². The van der Waals surface area contributed by atoms with E-state index in [1.165, 1.54) is 0 Å². The van der Waals surface area contributed by atoms with Crippen molar-refractivity contribution in [2.24, 2.45) is 0 Å². The molecule has 1 amide bonds. The van der Waals surface area contributed by atoms with Gasteiger partial charge in [-0.25, -0.2) is 4.79 Å².